The third-order valence-electron chi connectivity index (χ3n) is 3.23. The average Bonchev–Trinajstić information content (AvgIpc) is 3.13. The van der Waals surface area contributed by atoms with E-state index in [1.807, 2.05) is 0 Å². The number of alkyl halides is 3. The van der Waals surface area contributed by atoms with Gasteiger partial charge in [0.2, 0.25) is 0 Å². The highest BCUT2D eigenvalue weighted by Gasteiger charge is 2.37. The summed E-state index contributed by atoms with van der Waals surface area (Å²) in [5.41, 5.74) is 4.01. The zero-order chi connectivity index (χ0) is 14.2. The molecule has 1 aromatic carbocycles. The van der Waals surface area contributed by atoms with E-state index < -0.39 is 23.3 Å². The van der Waals surface area contributed by atoms with Crippen LogP contribution in [0.4, 0.5) is 18.9 Å². The molecule has 0 heterocycles. The number of nitrogens with zero attached hydrogens (tertiary/aromatic N) is 1. The normalized spacial score (nSPS) is 15.4. The molecule has 1 aliphatic carbocycles. The molecule has 6 heteroatoms. The number of nitrogen functional groups attached to an aromatic ring is 1. The number of hydrogen-bond acceptors (Lipinski definition) is 2. The van der Waals surface area contributed by atoms with Gasteiger partial charge in [-0.25, -0.2) is 0 Å². The van der Waals surface area contributed by atoms with Crippen molar-refractivity contribution in [3.05, 3.63) is 29.3 Å². The molecule has 0 atom stereocenters. The van der Waals surface area contributed by atoms with E-state index in [9.17, 15) is 18.0 Å². The van der Waals surface area contributed by atoms with Crippen molar-refractivity contribution in [3.8, 4) is 0 Å². The smallest absolute Gasteiger partial charge is 0.398 e. The summed E-state index contributed by atoms with van der Waals surface area (Å²) in [5.74, 6) is -0.423. The zero-order valence-electron chi connectivity index (χ0n) is 10.5. The average molecular weight is 272 g/mol. The van der Waals surface area contributed by atoms with E-state index in [2.05, 4.69) is 0 Å². The van der Waals surface area contributed by atoms with E-state index in [-0.39, 0.29) is 11.6 Å². The Morgan fingerprint density at radius 2 is 2.05 bits per heavy atom. The zero-order valence-corrected chi connectivity index (χ0v) is 10.5. The fraction of sp³-hybridized carbons (Fsp3) is 0.462. The number of carbonyl (C=O) groups is 1. The highest BCUT2D eigenvalue weighted by molar-refractivity contribution is 6.00. The second kappa shape index (κ2) is 4.75. The van der Waals surface area contributed by atoms with Crippen LogP contribution in [-0.4, -0.2) is 23.4 Å². The highest BCUT2D eigenvalue weighted by atomic mass is 19.4. The van der Waals surface area contributed by atoms with Gasteiger partial charge in [-0.15, -0.1) is 0 Å². The second-order valence-electron chi connectivity index (χ2n) is 4.59. The van der Waals surface area contributed by atoms with Gasteiger partial charge in [0.1, 0.15) is 0 Å². The van der Waals surface area contributed by atoms with Crippen LogP contribution in [0.25, 0.3) is 0 Å². The molecular formula is C13H15F3N2O. The molecule has 0 radical (unpaired) electrons. The number of nitrogens with two attached hydrogens (primary N) is 1. The summed E-state index contributed by atoms with van der Waals surface area (Å²) in [7, 11) is 0. The number of hydrogen-bond donors (Lipinski definition) is 1. The lowest BCUT2D eigenvalue weighted by atomic mass is 10.1. The van der Waals surface area contributed by atoms with Gasteiger partial charge < -0.3 is 10.6 Å². The van der Waals surface area contributed by atoms with Crippen LogP contribution in [0.2, 0.25) is 0 Å². The van der Waals surface area contributed by atoms with Gasteiger partial charge in [0.25, 0.3) is 5.91 Å². The standard InChI is InChI=1S/C13H15F3N2O/c1-2-18(8-6-7-8)12(19)9-4-3-5-10(11(9)17)13(14,15)16/h3-5,8H,2,6-7,17H2,1H3. The minimum atomic E-state index is -4.54. The first-order chi connectivity index (χ1) is 8.86. The van der Waals surface area contributed by atoms with Crippen LogP contribution in [-0.2, 0) is 6.18 Å². The van der Waals surface area contributed by atoms with Crippen molar-refractivity contribution < 1.29 is 18.0 Å². The lowest BCUT2D eigenvalue weighted by Gasteiger charge is -2.22. The molecule has 0 spiro atoms. The van der Waals surface area contributed by atoms with Crippen molar-refractivity contribution >= 4 is 11.6 Å². The molecule has 1 fully saturated rings. The Bertz CT molecular complexity index is 495. The minimum Gasteiger partial charge on any atom is -0.398 e. The maximum atomic E-state index is 12.7. The Hall–Kier alpha value is -1.72. The van der Waals surface area contributed by atoms with Gasteiger partial charge in [-0.2, -0.15) is 13.2 Å². The summed E-state index contributed by atoms with van der Waals surface area (Å²) in [6.45, 7) is 2.28. The number of halogens is 3. The molecule has 0 unspecified atom stereocenters. The molecule has 2 N–H and O–H groups in total. The predicted molar refractivity (Wildman–Crippen MR) is 65.6 cm³/mol. The van der Waals surface area contributed by atoms with Gasteiger partial charge in [0, 0.05) is 12.6 Å². The number of rotatable bonds is 3. The molecule has 2 rings (SSSR count). The van der Waals surface area contributed by atoms with Gasteiger partial charge >= 0.3 is 6.18 Å². The highest BCUT2D eigenvalue weighted by Crippen LogP contribution is 2.36. The fourth-order valence-corrected chi connectivity index (χ4v) is 2.11. The first kappa shape index (κ1) is 13.7. The Balaban J connectivity index is 2.37. The molecular weight excluding hydrogens is 257 g/mol. The van der Waals surface area contributed by atoms with Crippen LogP contribution < -0.4 is 5.73 Å². The number of amides is 1. The maximum absolute atomic E-state index is 12.7. The molecule has 1 saturated carbocycles. The Morgan fingerprint density at radius 3 is 2.53 bits per heavy atom. The summed E-state index contributed by atoms with van der Waals surface area (Å²) < 4.78 is 38.2. The number of anilines is 1. The first-order valence-electron chi connectivity index (χ1n) is 6.13. The SMILES string of the molecule is CCN(C(=O)c1cccc(C(F)(F)F)c1N)C1CC1. The van der Waals surface area contributed by atoms with Gasteiger partial charge in [0.15, 0.2) is 0 Å². The quantitative estimate of drug-likeness (QED) is 0.860. The lowest BCUT2D eigenvalue weighted by Crippen LogP contribution is -2.33. The molecule has 1 aromatic rings. The van der Waals surface area contributed by atoms with Gasteiger partial charge in [-0.1, -0.05) is 6.07 Å². The number of benzene rings is 1. The van der Waals surface area contributed by atoms with E-state index in [1.165, 1.54) is 12.1 Å². The van der Waals surface area contributed by atoms with Crippen LogP contribution in [0.5, 0.6) is 0 Å². The second-order valence-corrected chi connectivity index (χ2v) is 4.59. The minimum absolute atomic E-state index is 0.0661. The van der Waals surface area contributed by atoms with Crippen LogP contribution in [0, 0.1) is 0 Å². The summed E-state index contributed by atoms with van der Waals surface area (Å²) in [6, 6.07) is 3.59. The molecule has 19 heavy (non-hydrogen) atoms. The largest absolute Gasteiger partial charge is 0.418 e. The summed E-state index contributed by atoms with van der Waals surface area (Å²) >= 11 is 0. The van der Waals surface area contributed by atoms with E-state index >= 15 is 0 Å². The summed E-state index contributed by atoms with van der Waals surface area (Å²) in [6.07, 6.45) is -2.74. The Labute approximate surface area is 109 Å². The Morgan fingerprint density at radius 1 is 1.42 bits per heavy atom. The van der Waals surface area contributed by atoms with Crippen molar-refractivity contribution in [3.63, 3.8) is 0 Å². The van der Waals surface area contributed by atoms with E-state index in [1.54, 1.807) is 11.8 Å². The molecule has 104 valence electrons. The fourth-order valence-electron chi connectivity index (χ4n) is 2.11. The van der Waals surface area contributed by atoms with Crippen LogP contribution >= 0.6 is 0 Å². The number of carbonyl (C=O) groups excluding carboxylic acids is 1. The third-order valence-corrected chi connectivity index (χ3v) is 3.23. The topological polar surface area (TPSA) is 46.3 Å². The molecule has 0 aliphatic heterocycles. The maximum Gasteiger partial charge on any atom is 0.418 e. The monoisotopic (exact) mass is 272 g/mol. The molecule has 0 aromatic heterocycles. The molecule has 1 amide bonds. The summed E-state index contributed by atoms with van der Waals surface area (Å²) in [4.78, 5) is 13.8. The van der Waals surface area contributed by atoms with Crippen LogP contribution in [0.3, 0.4) is 0 Å². The molecule has 0 bridgehead atoms. The molecule has 0 saturated heterocycles. The van der Waals surface area contributed by atoms with Gasteiger partial charge in [0.05, 0.1) is 16.8 Å². The van der Waals surface area contributed by atoms with E-state index in [4.69, 9.17) is 5.73 Å². The van der Waals surface area contributed by atoms with Crippen molar-refractivity contribution in [1.29, 1.82) is 0 Å². The van der Waals surface area contributed by atoms with E-state index in [0.717, 1.165) is 18.9 Å². The van der Waals surface area contributed by atoms with Crippen molar-refractivity contribution in [2.45, 2.75) is 32.0 Å². The third kappa shape index (κ3) is 2.67. The Kier molecular flexibility index (Phi) is 3.43. The molecule has 1 aliphatic rings. The summed E-state index contributed by atoms with van der Waals surface area (Å²) in [5, 5.41) is 0. The lowest BCUT2D eigenvalue weighted by molar-refractivity contribution is -0.136. The van der Waals surface area contributed by atoms with E-state index in [0.29, 0.717) is 6.54 Å². The van der Waals surface area contributed by atoms with Crippen LogP contribution in [0.1, 0.15) is 35.7 Å². The van der Waals surface area contributed by atoms with Crippen molar-refractivity contribution in [2.24, 2.45) is 0 Å². The van der Waals surface area contributed by atoms with Crippen LogP contribution in [0.15, 0.2) is 18.2 Å². The van der Waals surface area contributed by atoms with Gasteiger partial charge in [-0.05, 0) is 31.9 Å². The van der Waals surface area contributed by atoms with Crippen molar-refractivity contribution in [2.75, 3.05) is 12.3 Å². The van der Waals surface area contributed by atoms with Crippen molar-refractivity contribution in [1.82, 2.24) is 4.90 Å². The first-order valence-corrected chi connectivity index (χ1v) is 6.13. The number of para-hydroxylation sites is 1. The molecule has 3 nitrogen and oxygen atoms in total. The van der Waals surface area contributed by atoms with Gasteiger partial charge in [-0.3, -0.25) is 4.79 Å². The predicted octanol–water partition coefficient (Wildman–Crippen LogP) is 2.91.